The average Bonchev–Trinajstić information content (AvgIpc) is 2.79. The number of rotatable bonds is 4. The molecule has 1 amide bonds. The van der Waals surface area contributed by atoms with Crippen LogP contribution in [-0.4, -0.2) is 38.9 Å². The summed E-state index contributed by atoms with van der Waals surface area (Å²) < 4.78 is 22.2. The van der Waals surface area contributed by atoms with Gasteiger partial charge in [-0.15, -0.1) is 0 Å². The molecule has 1 atom stereocenters. The van der Waals surface area contributed by atoms with Crippen LogP contribution in [-0.2, 0) is 21.1 Å². The molecular weight excluding hydrogens is 300 g/mol. The third-order valence-electron chi connectivity index (χ3n) is 3.35. The minimum Gasteiger partial charge on any atom is -0.320 e. The van der Waals surface area contributed by atoms with Crippen LogP contribution >= 0.6 is 11.6 Å². The summed E-state index contributed by atoms with van der Waals surface area (Å²) >= 11 is 6.09. The third-order valence-corrected chi connectivity index (χ3v) is 4.68. The number of fused-ring (bicyclic) bond motifs is 1. The van der Waals surface area contributed by atoms with Gasteiger partial charge < -0.3 is 10.6 Å². The van der Waals surface area contributed by atoms with Crippen LogP contribution in [0.4, 0.5) is 5.69 Å². The lowest BCUT2D eigenvalue weighted by atomic mass is 10.1. The average molecular weight is 317 g/mol. The lowest BCUT2D eigenvalue weighted by Crippen LogP contribution is -2.44. The molecule has 5 nitrogen and oxygen atoms in total. The maximum absolute atomic E-state index is 12.3. The highest BCUT2D eigenvalue weighted by Crippen LogP contribution is 2.33. The predicted octanol–water partition coefficient (Wildman–Crippen LogP) is 0.991. The molecule has 2 rings (SSSR count). The van der Waals surface area contributed by atoms with Crippen molar-refractivity contribution < 1.29 is 13.2 Å². The molecule has 0 fully saturated rings. The second-order valence-corrected chi connectivity index (χ2v) is 7.67. The van der Waals surface area contributed by atoms with Gasteiger partial charge in [-0.05, 0) is 30.5 Å². The van der Waals surface area contributed by atoms with Crippen LogP contribution in [0.3, 0.4) is 0 Å². The number of hydrogen-bond acceptors (Lipinski definition) is 4. The highest BCUT2D eigenvalue weighted by atomic mass is 35.5. The Kier molecular flexibility index (Phi) is 4.36. The fourth-order valence-electron chi connectivity index (χ4n) is 2.29. The minimum atomic E-state index is -3.12. The summed E-state index contributed by atoms with van der Waals surface area (Å²) in [4.78, 5) is 13.9. The first kappa shape index (κ1) is 15.3. The van der Waals surface area contributed by atoms with Gasteiger partial charge in [-0.3, -0.25) is 4.79 Å². The molecule has 1 aromatic rings. The Morgan fingerprint density at radius 1 is 1.50 bits per heavy atom. The molecule has 0 aromatic heterocycles. The van der Waals surface area contributed by atoms with E-state index in [1.54, 1.807) is 17.0 Å². The second kappa shape index (κ2) is 5.71. The summed E-state index contributed by atoms with van der Waals surface area (Å²) in [5.74, 6) is -0.342. The van der Waals surface area contributed by atoms with E-state index in [0.29, 0.717) is 18.0 Å². The zero-order valence-electron chi connectivity index (χ0n) is 11.2. The van der Waals surface area contributed by atoms with Gasteiger partial charge in [0.05, 0.1) is 11.8 Å². The number of sulfone groups is 1. The summed E-state index contributed by atoms with van der Waals surface area (Å²) in [6.45, 7) is 0.532. The number of carbonyl (C=O) groups is 1. The van der Waals surface area contributed by atoms with Crippen molar-refractivity contribution in [1.29, 1.82) is 0 Å². The van der Waals surface area contributed by atoms with Gasteiger partial charge in [0.1, 0.15) is 9.84 Å². The van der Waals surface area contributed by atoms with Crippen LogP contribution in [0.5, 0.6) is 0 Å². The van der Waals surface area contributed by atoms with Crippen molar-refractivity contribution in [2.24, 2.45) is 5.73 Å². The van der Waals surface area contributed by atoms with Crippen LogP contribution < -0.4 is 10.6 Å². The quantitative estimate of drug-likeness (QED) is 0.898. The van der Waals surface area contributed by atoms with E-state index in [1.165, 1.54) is 0 Å². The molecular formula is C13H17ClN2O3S. The number of nitrogens with two attached hydrogens (primary N) is 1. The van der Waals surface area contributed by atoms with E-state index in [4.69, 9.17) is 17.3 Å². The van der Waals surface area contributed by atoms with E-state index >= 15 is 0 Å². The lowest BCUT2D eigenvalue weighted by molar-refractivity contribution is -0.119. The minimum absolute atomic E-state index is 0.0872. The van der Waals surface area contributed by atoms with Crippen LogP contribution in [0, 0.1) is 0 Å². The van der Waals surface area contributed by atoms with E-state index in [2.05, 4.69) is 0 Å². The third kappa shape index (κ3) is 3.31. The zero-order valence-corrected chi connectivity index (χ0v) is 12.7. The number of hydrogen-bond donors (Lipinski definition) is 1. The molecule has 0 spiro atoms. The van der Waals surface area contributed by atoms with Crippen molar-refractivity contribution in [2.75, 3.05) is 23.5 Å². The smallest absolute Gasteiger partial charge is 0.243 e. The van der Waals surface area contributed by atoms with Crippen molar-refractivity contribution in [2.45, 2.75) is 18.9 Å². The first-order valence-corrected chi connectivity index (χ1v) is 8.75. The van der Waals surface area contributed by atoms with Gasteiger partial charge in [0.25, 0.3) is 0 Å². The molecule has 0 aliphatic carbocycles. The number of anilines is 1. The monoisotopic (exact) mass is 316 g/mol. The van der Waals surface area contributed by atoms with Crippen molar-refractivity contribution in [3.05, 3.63) is 28.8 Å². The van der Waals surface area contributed by atoms with Crippen molar-refractivity contribution >= 4 is 33.0 Å². The Morgan fingerprint density at radius 2 is 2.20 bits per heavy atom. The fraction of sp³-hybridized carbons (Fsp3) is 0.462. The van der Waals surface area contributed by atoms with Gasteiger partial charge >= 0.3 is 0 Å². The van der Waals surface area contributed by atoms with E-state index in [0.717, 1.165) is 17.5 Å². The van der Waals surface area contributed by atoms with Gasteiger partial charge in [0.2, 0.25) is 5.91 Å². The van der Waals surface area contributed by atoms with Gasteiger partial charge in [-0.1, -0.05) is 17.7 Å². The maximum Gasteiger partial charge on any atom is 0.243 e. The van der Waals surface area contributed by atoms with Gasteiger partial charge in [0, 0.05) is 23.5 Å². The molecule has 7 heteroatoms. The Balaban J connectivity index is 2.11. The van der Waals surface area contributed by atoms with Crippen molar-refractivity contribution in [3.63, 3.8) is 0 Å². The summed E-state index contributed by atoms with van der Waals surface area (Å²) in [6, 6.07) is 4.59. The Hall–Kier alpha value is -1.11. The molecule has 0 saturated carbocycles. The molecule has 1 heterocycles. The predicted molar refractivity (Wildman–Crippen MR) is 79.8 cm³/mol. The second-order valence-electron chi connectivity index (χ2n) is 5.00. The number of benzene rings is 1. The van der Waals surface area contributed by atoms with Crippen LogP contribution in [0.2, 0.25) is 5.02 Å². The Morgan fingerprint density at radius 3 is 2.85 bits per heavy atom. The first-order chi connectivity index (χ1) is 9.29. The molecule has 0 radical (unpaired) electrons. The van der Waals surface area contributed by atoms with Crippen LogP contribution in [0.1, 0.15) is 12.0 Å². The SMILES string of the molecule is CS(=O)(=O)CCC(N)C(=O)N1CCc2c(Cl)cccc21. The van der Waals surface area contributed by atoms with Crippen molar-refractivity contribution in [3.8, 4) is 0 Å². The topological polar surface area (TPSA) is 80.5 Å². The van der Waals surface area contributed by atoms with E-state index in [1.807, 2.05) is 6.07 Å². The summed E-state index contributed by atoms with van der Waals surface area (Å²) in [5, 5.41) is 0.641. The molecule has 1 unspecified atom stereocenters. The van der Waals surface area contributed by atoms with E-state index in [9.17, 15) is 13.2 Å². The molecule has 0 saturated heterocycles. The number of carbonyl (C=O) groups excluding carboxylic acids is 1. The fourth-order valence-corrected chi connectivity index (χ4v) is 3.23. The summed E-state index contributed by atoms with van der Waals surface area (Å²) in [6.07, 6.45) is 1.96. The summed E-state index contributed by atoms with van der Waals surface area (Å²) in [7, 11) is -3.12. The first-order valence-electron chi connectivity index (χ1n) is 6.31. The zero-order chi connectivity index (χ0) is 14.9. The van der Waals surface area contributed by atoms with Crippen molar-refractivity contribution in [1.82, 2.24) is 0 Å². The number of nitrogens with zero attached hydrogens (tertiary/aromatic N) is 1. The normalized spacial score (nSPS) is 16.1. The summed E-state index contributed by atoms with van der Waals surface area (Å²) in [5.41, 5.74) is 7.53. The molecule has 20 heavy (non-hydrogen) atoms. The van der Waals surface area contributed by atoms with Crippen LogP contribution in [0.15, 0.2) is 18.2 Å². The van der Waals surface area contributed by atoms with E-state index in [-0.39, 0.29) is 18.1 Å². The molecule has 1 aromatic carbocycles. The molecule has 1 aliphatic rings. The molecule has 1 aliphatic heterocycles. The maximum atomic E-state index is 12.3. The van der Waals surface area contributed by atoms with Gasteiger partial charge in [-0.2, -0.15) is 0 Å². The standard InChI is InChI=1S/C13H17ClN2O3S/c1-20(18,19)8-6-11(15)13(17)16-7-5-9-10(14)3-2-4-12(9)16/h2-4,11H,5-8,15H2,1H3. The number of amides is 1. The number of halogens is 1. The van der Waals surface area contributed by atoms with Gasteiger partial charge in [0.15, 0.2) is 0 Å². The Labute approximate surface area is 123 Å². The largest absolute Gasteiger partial charge is 0.320 e. The van der Waals surface area contributed by atoms with Gasteiger partial charge in [-0.25, -0.2) is 8.42 Å². The molecule has 110 valence electrons. The lowest BCUT2D eigenvalue weighted by Gasteiger charge is -2.21. The molecule has 2 N–H and O–H groups in total. The van der Waals surface area contributed by atoms with E-state index < -0.39 is 15.9 Å². The van der Waals surface area contributed by atoms with Crippen LogP contribution in [0.25, 0.3) is 0 Å². The molecule has 0 bridgehead atoms. The highest BCUT2D eigenvalue weighted by molar-refractivity contribution is 7.90. The highest BCUT2D eigenvalue weighted by Gasteiger charge is 2.29. The Bertz CT molecular complexity index is 631.